The molecule has 180 valence electrons. The summed E-state index contributed by atoms with van der Waals surface area (Å²) in [6.07, 6.45) is 0. The Balaban J connectivity index is 1.58. The molecule has 0 saturated heterocycles. The molecule has 0 radical (unpaired) electrons. The Bertz CT molecular complexity index is 1410. The third-order valence-electron chi connectivity index (χ3n) is 5.53. The zero-order valence-electron chi connectivity index (χ0n) is 19.6. The van der Waals surface area contributed by atoms with Crippen LogP contribution in [0.4, 0.5) is 11.4 Å². The molecule has 4 N–H and O–H groups in total. The Morgan fingerprint density at radius 1 is 0.750 bits per heavy atom. The van der Waals surface area contributed by atoms with Gasteiger partial charge in [-0.05, 0) is 54.4 Å². The van der Waals surface area contributed by atoms with Gasteiger partial charge in [0.05, 0.1) is 11.3 Å². The van der Waals surface area contributed by atoms with Gasteiger partial charge in [-0.3, -0.25) is 14.4 Å². The van der Waals surface area contributed by atoms with E-state index in [0.29, 0.717) is 16.9 Å². The summed E-state index contributed by atoms with van der Waals surface area (Å²) in [6.45, 7) is 1.89. The number of carbonyl (C=O) groups excluding carboxylic acids is 3. The van der Waals surface area contributed by atoms with E-state index >= 15 is 0 Å². The second-order valence-electron chi connectivity index (χ2n) is 8.10. The molecule has 4 rings (SSSR count). The van der Waals surface area contributed by atoms with Crippen molar-refractivity contribution < 1.29 is 14.4 Å². The second kappa shape index (κ2) is 11.4. The van der Waals surface area contributed by atoms with Crippen molar-refractivity contribution in [1.29, 1.82) is 0 Å². The average Bonchev–Trinajstić information content (AvgIpc) is 2.88. The monoisotopic (exact) mass is 495 g/mol. The lowest BCUT2D eigenvalue weighted by atomic mass is 10.1. The third kappa shape index (κ3) is 6.00. The molecule has 0 fully saturated rings. The summed E-state index contributed by atoms with van der Waals surface area (Å²) in [5.41, 5.74) is 8.99. The molecule has 0 bridgehead atoms. The van der Waals surface area contributed by atoms with Gasteiger partial charge in [0.2, 0.25) is 5.91 Å². The zero-order chi connectivity index (χ0) is 25.5. The molecule has 36 heavy (non-hydrogen) atoms. The molecule has 4 aromatic rings. The first kappa shape index (κ1) is 24.8. The minimum absolute atomic E-state index is 0.198. The van der Waals surface area contributed by atoms with E-state index in [1.165, 1.54) is 11.8 Å². The zero-order valence-corrected chi connectivity index (χ0v) is 20.4. The number of nitrogens with one attached hydrogen (secondary N) is 2. The fraction of sp³-hybridized carbons (Fsp3) is 0.0690. The van der Waals surface area contributed by atoms with Crippen LogP contribution in [0, 0.1) is 6.92 Å². The van der Waals surface area contributed by atoms with Crippen LogP contribution in [0.1, 0.15) is 37.1 Å². The molecule has 7 heteroatoms. The van der Waals surface area contributed by atoms with Gasteiger partial charge in [0.1, 0.15) is 5.25 Å². The molecule has 0 heterocycles. The van der Waals surface area contributed by atoms with Gasteiger partial charge < -0.3 is 16.4 Å². The fourth-order valence-corrected chi connectivity index (χ4v) is 4.80. The second-order valence-corrected chi connectivity index (χ2v) is 9.28. The molecule has 6 nitrogen and oxygen atoms in total. The predicted molar refractivity (Wildman–Crippen MR) is 144 cm³/mol. The van der Waals surface area contributed by atoms with Crippen molar-refractivity contribution in [3.05, 3.63) is 125 Å². The molecular weight excluding hydrogens is 470 g/mol. The maximum absolute atomic E-state index is 13.4. The van der Waals surface area contributed by atoms with Crippen LogP contribution in [0.15, 0.2) is 108 Å². The van der Waals surface area contributed by atoms with Crippen LogP contribution in [-0.4, -0.2) is 17.7 Å². The van der Waals surface area contributed by atoms with E-state index in [2.05, 4.69) is 10.6 Å². The van der Waals surface area contributed by atoms with Gasteiger partial charge in [-0.15, -0.1) is 11.8 Å². The van der Waals surface area contributed by atoms with E-state index in [1.54, 1.807) is 36.4 Å². The minimum Gasteiger partial charge on any atom is -0.366 e. The van der Waals surface area contributed by atoms with Crippen molar-refractivity contribution in [3.8, 4) is 0 Å². The molecular formula is C29H25N3O3S. The number of thioether (sulfide) groups is 1. The number of anilines is 2. The van der Waals surface area contributed by atoms with Gasteiger partial charge in [-0.1, -0.05) is 66.7 Å². The third-order valence-corrected chi connectivity index (χ3v) is 6.77. The number of rotatable bonds is 8. The summed E-state index contributed by atoms with van der Waals surface area (Å²) in [7, 11) is 0. The summed E-state index contributed by atoms with van der Waals surface area (Å²) in [4.78, 5) is 38.8. The fourth-order valence-electron chi connectivity index (χ4n) is 3.72. The van der Waals surface area contributed by atoms with Crippen LogP contribution in [0.2, 0.25) is 0 Å². The highest BCUT2D eigenvalue weighted by molar-refractivity contribution is 8.00. The minimum atomic E-state index is -0.619. The van der Waals surface area contributed by atoms with E-state index in [1.807, 2.05) is 73.7 Å². The summed E-state index contributed by atoms with van der Waals surface area (Å²) < 4.78 is 0. The Morgan fingerprint density at radius 2 is 1.42 bits per heavy atom. The number of benzene rings is 4. The summed E-state index contributed by atoms with van der Waals surface area (Å²) >= 11 is 1.34. The highest BCUT2D eigenvalue weighted by atomic mass is 32.2. The van der Waals surface area contributed by atoms with Gasteiger partial charge in [0.25, 0.3) is 11.8 Å². The average molecular weight is 496 g/mol. The summed E-state index contributed by atoms with van der Waals surface area (Å²) in [5.74, 6) is -1.11. The van der Waals surface area contributed by atoms with Gasteiger partial charge in [-0.25, -0.2) is 0 Å². The molecule has 0 spiro atoms. The van der Waals surface area contributed by atoms with Crippen molar-refractivity contribution in [1.82, 2.24) is 0 Å². The predicted octanol–water partition coefficient (Wildman–Crippen LogP) is 5.82. The number of carbonyl (C=O) groups is 3. The van der Waals surface area contributed by atoms with E-state index in [4.69, 9.17) is 5.73 Å². The Hall–Kier alpha value is -4.36. The van der Waals surface area contributed by atoms with Gasteiger partial charge in [0.15, 0.2) is 0 Å². The standard InChI is InChI=1S/C29H25N3O3S/c1-19-10-5-6-15-23(19)28(34)31-21-13-9-14-22(18-21)36-26(20-11-3-2-4-12-20)29(35)32-25-17-8-7-16-24(25)27(30)33/h2-18,26H,1H3,(H2,30,33)(H,31,34)(H,32,35). The van der Waals surface area contributed by atoms with E-state index in [-0.39, 0.29) is 17.4 Å². The van der Waals surface area contributed by atoms with E-state index < -0.39 is 11.2 Å². The largest absolute Gasteiger partial charge is 0.366 e. The maximum atomic E-state index is 13.4. The highest BCUT2D eigenvalue weighted by Crippen LogP contribution is 2.37. The van der Waals surface area contributed by atoms with Crippen molar-refractivity contribution in [2.24, 2.45) is 5.73 Å². The normalized spacial score (nSPS) is 11.4. The molecule has 1 unspecified atom stereocenters. The molecule has 0 aliphatic heterocycles. The lowest BCUT2D eigenvalue weighted by Gasteiger charge is -2.18. The first-order valence-electron chi connectivity index (χ1n) is 11.3. The number of hydrogen-bond donors (Lipinski definition) is 3. The molecule has 0 aliphatic rings. The molecule has 3 amide bonds. The van der Waals surface area contributed by atoms with Crippen LogP contribution in [0.5, 0.6) is 0 Å². The van der Waals surface area contributed by atoms with Crippen LogP contribution < -0.4 is 16.4 Å². The molecule has 0 aromatic heterocycles. The maximum Gasteiger partial charge on any atom is 0.255 e. The first-order valence-corrected chi connectivity index (χ1v) is 12.2. The first-order chi connectivity index (χ1) is 17.4. The van der Waals surface area contributed by atoms with Gasteiger partial charge >= 0.3 is 0 Å². The SMILES string of the molecule is Cc1ccccc1C(=O)Nc1cccc(SC(C(=O)Nc2ccccc2C(N)=O)c2ccccc2)c1. The Kier molecular flexibility index (Phi) is 7.82. The number of aryl methyl sites for hydroxylation is 1. The van der Waals surface area contributed by atoms with Crippen LogP contribution in [0.3, 0.4) is 0 Å². The topological polar surface area (TPSA) is 101 Å². The quantitative estimate of drug-likeness (QED) is 0.268. The lowest BCUT2D eigenvalue weighted by Crippen LogP contribution is -2.22. The number of para-hydroxylation sites is 1. The van der Waals surface area contributed by atoms with Crippen molar-refractivity contribution >= 4 is 40.9 Å². The summed E-state index contributed by atoms with van der Waals surface area (Å²) in [6, 6.07) is 30.7. The van der Waals surface area contributed by atoms with Gasteiger partial charge in [-0.2, -0.15) is 0 Å². The molecule has 4 aromatic carbocycles. The van der Waals surface area contributed by atoms with Crippen LogP contribution >= 0.6 is 11.8 Å². The van der Waals surface area contributed by atoms with Crippen LogP contribution in [-0.2, 0) is 4.79 Å². The molecule has 0 saturated carbocycles. The molecule has 1 atom stereocenters. The Labute approximate surface area is 213 Å². The number of nitrogens with two attached hydrogens (primary N) is 1. The molecule has 0 aliphatic carbocycles. The smallest absolute Gasteiger partial charge is 0.255 e. The highest BCUT2D eigenvalue weighted by Gasteiger charge is 2.24. The number of amides is 3. The van der Waals surface area contributed by atoms with E-state index in [9.17, 15) is 14.4 Å². The lowest BCUT2D eigenvalue weighted by molar-refractivity contribution is -0.115. The van der Waals surface area contributed by atoms with Crippen LogP contribution in [0.25, 0.3) is 0 Å². The van der Waals surface area contributed by atoms with Gasteiger partial charge in [0, 0.05) is 16.1 Å². The van der Waals surface area contributed by atoms with Crippen molar-refractivity contribution in [3.63, 3.8) is 0 Å². The number of primary amides is 1. The Morgan fingerprint density at radius 3 is 2.14 bits per heavy atom. The van der Waals surface area contributed by atoms with Crippen molar-refractivity contribution in [2.75, 3.05) is 10.6 Å². The van der Waals surface area contributed by atoms with Crippen molar-refractivity contribution in [2.45, 2.75) is 17.1 Å². The number of hydrogen-bond acceptors (Lipinski definition) is 4. The summed E-state index contributed by atoms with van der Waals surface area (Å²) in [5, 5.41) is 5.18. The van der Waals surface area contributed by atoms with E-state index in [0.717, 1.165) is 16.0 Å².